The third-order valence-electron chi connectivity index (χ3n) is 4.80. The van der Waals surface area contributed by atoms with Crippen LogP contribution in [0.1, 0.15) is 110 Å². The van der Waals surface area contributed by atoms with Gasteiger partial charge in [0.2, 0.25) is 5.91 Å². The molecule has 0 aliphatic heterocycles. The molecule has 0 saturated carbocycles. The number of hydrogen-bond acceptors (Lipinski definition) is 3. The van der Waals surface area contributed by atoms with E-state index in [1.54, 1.807) is 7.05 Å². The predicted molar refractivity (Wildman–Crippen MR) is 109 cm³/mol. The van der Waals surface area contributed by atoms with Crippen molar-refractivity contribution in [1.29, 1.82) is 0 Å². The Kier molecular flexibility index (Phi) is 18.0. The van der Waals surface area contributed by atoms with E-state index in [1.807, 2.05) is 0 Å². The molecule has 0 aliphatic rings. The van der Waals surface area contributed by atoms with Crippen molar-refractivity contribution in [2.45, 2.75) is 110 Å². The smallest absolute Gasteiger partial charge is 0.325 e. The minimum absolute atomic E-state index is 0.0476. The number of amides is 1. The van der Waals surface area contributed by atoms with Gasteiger partial charge >= 0.3 is 5.97 Å². The van der Waals surface area contributed by atoms with Crippen LogP contribution in [0, 0.1) is 0 Å². The number of carbonyl (C=O) groups excluding carboxylic acids is 2. The Labute approximate surface area is 162 Å². The molecule has 4 heteroatoms. The fourth-order valence-electron chi connectivity index (χ4n) is 3.00. The van der Waals surface area contributed by atoms with Crippen LogP contribution in [0.15, 0.2) is 0 Å². The second-order valence-electron chi connectivity index (χ2n) is 7.46. The molecule has 0 aromatic rings. The Hall–Kier alpha value is -1.06. The van der Waals surface area contributed by atoms with Crippen molar-refractivity contribution in [3.8, 4) is 0 Å². The van der Waals surface area contributed by atoms with E-state index < -0.39 is 0 Å². The van der Waals surface area contributed by atoms with Crippen LogP contribution in [0.25, 0.3) is 0 Å². The molecular formula is C22H43NO3. The third kappa shape index (κ3) is 16.4. The Balaban J connectivity index is 3.47. The van der Waals surface area contributed by atoms with Gasteiger partial charge in [-0.25, -0.2) is 0 Å². The fraction of sp³-hybridized carbons (Fsp3) is 0.909. The zero-order chi connectivity index (χ0) is 19.5. The average molecular weight is 370 g/mol. The van der Waals surface area contributed by atoms with Crippen molar-refractivity contribution in [2.24, 2.45) is 0 Å². The highest BCUT2D eigenvalue weighted by Gasteiger charge is 2.13. The molecule has 0 radical (unpaired) electrons. The minimum Gasteiger partial charge on any atom is -0.464 e. The Morgan fingerprint density at radius 2 is 1.15 bits per heavy atom. The summed E-state index contributed by atoms with van der Waals surface area (Å²) in [4.78, 5) is 25.2. The van der Waals surface area contributed by atoms with Crippen LogP contribution in [0.4, 0.5) is 0 Å². The van der Waals surface area contributed by atoms with Crippen molar-refractivity contribution >= 4 is 11.9 Å². The summed E-state index contributed by atoms with van der Waals surface area (Å²) < 4.78 is 5.14. The summed E-state index contributed by atoms with van der Waals surface area (Å²) in [6.07, 6.45) is 17.6. The molecule has 0 atom stereocenters. The maximum absolute atomic E-state index is 12.0. The number of likely N-dealkylation sites (N-methyl/N-ethyl adjacent to an activating group) is 1. The lowest BCUT2D eigenvalue weighted by Crippen LogP contribution is -2.33. The molecular weight excluding hydrogens is 326 g/mol. The van der Waals surface area contributed by atoms with Gasteiger partial charge in [0.1, 0.15) is 6.54 Å². The van der Waals surface area contributed by atoms with Crippen molar-refractivity contribution < 1.29 is 14.3 Å². The maximum Gasteiger partial charge on any atom is 0.325 e. The van der Waals surface area contributed by atoms with Gasteiger partial charge in [-0.1, -0.05) is 90.9 Å². The SMILES string of the molecule is CCCCCCCCCCCCCC(=O)N(C)CC(=O)OCCCCC. The first-order chi connectivity index (χ1) is 12.6. The lowest BCUT2D eigenvalue weighted by Gasteiger charge is -2.16. The molecule has 4 nitrogen and oxygen atoms in total. The number of rotatable bonds is 18. The van der Waals surface area contributed by atoms with E-state index >= 15 is 0 Å². The van der Waals surface area contributed by atoms with Crippen LogP contribution in [0.3, 0.4) is 0 Å². The second-order valence-corrected chi connectivity index (χ2v) is 7.46. The van der Waals surface area contributed by atoms with E-state index in [4.69, 9.17) is 4.74 Å². The Morgan fingerprint density at radius 1 is 0.692 bits per heavy atom. The molecule has 0 rings (SSSR count). The Morgan fingerprint density at radius 3 is 1.69 bits per heavy atom. The summed E-state index contributed by atoms with van der Waals surface area (Å²) >= 11 is 0. The first-order valence-corrected chi connectivity index (χ1v) is 11.0. The van der Waals surface area contributed by atoms with Gasteiger partial charge in [0.15, 0.2) is 0 Å². The van der Waals surface area contributed by atoms with Crippen LogP contribution in [-0.4, -0.2) is 37.0 Å². The zero-order valence-electron chi connectivity index (χ0n) is 17.7. The molecule has 0 bridgehead atoms. The summed E-state index contributed by atoms with van der Waals surface area (Å²) in [5.74, 6) is -0.248. The molecule has 0 heterocycles. The van der Waals surface area contributed by atoms with Crippen molar-refractivity contribution in [1.82, 2.24) is 4.90 Å². The van der Waals surface area contributed by atoms with Gasteiger partial charge in [0.05, 0.1) is 6.61 Å². The van der Waals surface area contributed by atoms with Crippen molar-refractivity contribution in [2.75, 3.05) is 20.2 Å². The summed E-state index contributed by atoms with van der Waals surface area (Å²) in [5.41, 5.74) is 0. The molecule has 0 saturated heterocycles. The summed E-state index contributed by atoms with van der Waals surface area (Å²) in [6, 6.07) is 0. The van der Waals surface area contributed by atoms with E-state index in [2.05, 4.69) is 13.8 Å². The second kappa shape index (κ2) is 18.7. The fourth-order valence-corrected chi connectivity index (χ4v) is 3.00. The zero-order valence-corrected chi connectivity index (χ0v) is 17.7. The number of nitrogens with zero attached hydrogens (tertiary/aromatic N) is 1. The highest BCUT2D eigenvalue weighted by Crippen LogP contribution is 2.12. The standard InChI is InChI=1S/C22H43NO3/c1-4-6-8-9-10-11-12-13-14-15-16-18-21(24)23(3)20-22(25)26-19-17-7-5-2/h4-20H2,1-3H3. The highest BCUT2D eigenvalue weighted by atomic mass is 16.5. The van der Waals surface area contributed by atoms with Crippen LogP contribution in [0.2, 0.25) is 0 Å². The van der Waals surface area contributed by atoms with Gasteiger partial charge in [0, 0.05) is 13.5 Å². The van der Waals surface area contributed by atoms with Crippen molar-refractivity contribution in [3.05, 3.63) is 0 Å². The van der Waals surface area contributed by atoms with Gasteiger partial charge in [-0.05, 0) is 12.8 Å². The normalized spacial score (nSPS) is 10.7. The van der Waals surface area contributed by atoms with E-state index in [0.29, 0.717) is 13.0 Å². The van der Waals surface area contributed by atoms with Gasteiger partial charge in [-0.2, -0.15) is 0 Å². The molecule has 0 aliphatic carbocycles. The summed E-state index contributed by atoms with van der Waals surface area (Å²) in [6.45, 7) is 4.90. The summed E-state index contributed by atoms with van der Waals surface area (Å²) in [7, 11) is 1.69. The molecule has 26 heavy (non-hydrogen) atoms. The van der Waals surface area contributed by atoms with E-state index in [-0.39, 0.29) is 18.4 Å². The number of esters is 1. The van der Waals surface area contributed by atoms with Gasteiger partial charge in [-0.3, -0.25) is 9.59 Å². The number of hydrogen-bond donors (Lipinski definition) is 0. The van der Waals surface area contributed by atoms with Gasteiger partial charge in [0.25, 0.3) is 0 Å². The van der Waals surface area contributed by atoms with E-state index in [9.17, 15) is 9.59 Å². The number of carbonyl (C=O) groups is 2. The van der Waals surface area contributed by atoms with Crippen LogP contribution in [-0.2, 0) is 14.3 Å². The monoisotopic (exact) mass is 369 g/mol. The molecule has 0 N–H and O–H groups in total. The lowest BCUT2D eigenvalue weighted by molar-refractivity contribution is -0.148. The van der Waals surface area contributed by atoms with Crippen molar-refractivity contribution in [3.63, 3.8) is 0 Å². The molecule has 154 valence electrons. The maximum atomic E-state index is 12.0. The first-order valence-electron chi connectivity index (χ1n) is 11.0. The van der Waals surface area contributed by atoms with Crippen LogP contribution in [0.5, 0.6) is 0 Å². The van der Waals surface area contributed by atoms with Crippen LogP contribution >= 0.6 is 0 Å². The molecule has 0 aromatic carbocycles. The molecule has 0 fully saturated rings. The molecule has 0 unspecified atom stereocenters. The molecule has 0 spiro atoms. The third-order valence-corrected chi connectivity index (χ3v) is 4.80. The summed E-state index contributed by atoms with van der Waals surface area (Å²) in [5, 5.41) is 0. The quantitative estimate of drug-likeness (QED) is 0.224. The topological polar surface area (TPSA) is 46.6 Å². The lowest BCUT2D eigenvalue weighted by atomic mass is 10.1. The van der Waals surface area contributed by atoms with E-state index in [0.717, 1.165) is 32.1 Å². The minimum atomic E-state index is -0.295. The average Bonchev–Trinajstić information content (AvgIpc) is 2.63. The Bertz CT molecular complexity index is 344. The molecule has 1 amide bonds. The highest BCUT2D eigenvalue weighted by molar-refractivity contribution is 5.81. The molecule has 0 aromatic heterocycles. The predicted octanol–water partition coefficient (Wildman–Crippen LogP) is 5.88. The van der Waals surface area contributed by atoms with Crippen LogP contribution < -0.4 is 0 Å². The number of ether oxygens (including phenoxy) is 1. The first kappa shape index (κ1) is 24.9. The van der Waals surface area contributed by atoms with Gasteiger partial charge in [-0.15, -0.1) is 0 Å². The van der Waals surface area contributed by atoms with E-state index in [1.165, 1.54) is 62.7 Å². The number of unbranched alkanes of at least 4 members (excludes halogenated alkanes) is 12. The van der Waals surface area contributed by atoms with Gasteiger partial charge < -0.3 is 9.64 Å². The largest absolute Gasteiger partial charge is 0.464 e.